The van der Waals surface area contributed by atoms with E-state index in [1.165, 1.54) is 6.92 Å². The number of nitrogens with zero attached hydrogens (tertiary/aromatic N) is 1. The summed E-state index contributed by atoms with van der Waals surface area (Å²) in [6, 6.07) is 2.29. The van der Waals surface area contributed by atoms with Gasteiger partial charge in [-0.1, -0.05) is 19.4 Å². The number of hydrogen-bond acceptors (Lipinski definition) is 12. The summed E-state index contributed by atoms with van der Waals surface area (Å²) in [5.74, 6) is -1.33. The Bertz CT molecular complexity index is 1450. The Kier molecular flexibility index (Phi) is 9.53. The smallest absolute Gasteiger partial charge is 0.408 e. The van der Waals surface area contributed by atoms with E-state index in [1.807, 2.05) is 26.1 Å². The van der Waals surface area contributed by atoms with Crippen LogP contribution in [0.3, 0.4) is 0 Å². The van der Waals surface area contributed by atoms with E-state index in [-0.39, 0.29) is 24.8 Å². The van der Waals surface area contributed by atoms with Gasteiger partial charge in [-0.2, -0.15) is 0 Å². The minimum absolute atomic E-state index is 0.114. The largest absolute Gasteiger partial charge is 0.493 e. The van der Waals surface area contributed by atoms with Crippen molar-refractivity contribution in [3.8, 4) is 11.5 Å². The lowest BCUT2D eigenvalue weighted by atomic mass is 9.50. The van der Waals surface area contributed by atoms with Crippen molar-refractivity contribution < 1.29 is 52.7 Å². The van der Waals surface area contributed by atoms with E-state index in [0.29, 0.717) is 37.3 Å². The van der Waals surface area contributed by atoms with Crippen molar-refractivity contribution in [2.75, 3.05) is 27.3 Å². The number of likely N-dealkylation sites (tertiary alicyclic amines) is 1. The third-order valence-electron chi connectivity index (χ3n) is 9.51. The SMILES string of the molecule is CCCCOC(=O)[C@H](CC(=O)O[C@@H](C)C(=O)OC1=CC[C@@]2(O)[C@H]3Cc4ccc(OC)c5c4[C@@]2(CCN3C)[C@H]1O5)NC(=O)OC(C)(C)C. The molecule has 0 radical (unpaired) electrons. The lowest BCUT2D eigenvalue weighted by Gasteiger charge is -2.61. The van der Waals surface area contributed by atoms with Crippen molar-refractivity contribution >= 4 is 24.0 Å². The Morgan fingerprint density at radius 1 is 1.19 bits per heavy atom. The summed E-state index contributed by atoms with van der Waals surface area (Å²) in [5, 5.41) is 14.7. The van der Waals surface area contributed by atoms with Crippen molar-refractivity contribution in [1.82, 2.24) is 10.2 Å². The number of carbonyl (C=O) groups excluding carboxylic acids is 4. The van der Waals surface area contributed by atoms with E-state index in [0.717, 1.165) is 17.5 Å². The second-order valence-corrected chi connectivity index (χ2v) is 13.8. The van der Waals surface area contributed by atoms with Gasteiger partial charge in [-0.05, 0) is 78.3 Å². The molecule has 2 N–H and O–H groups in total. The number of amides is 1. The van der Waals surface area contributed by atoms with E-state index in [2.05, 4.69) is 10.2 Å². The highest BCUT2D eigenvalue weighted by Crippen LogP contribution is 2.65. The summed E-state index contributed by atoms with van der Waals surface area (Å²) in [6.45, 7) is 9.08. The molecular formula is C34H46N2O11. The van der Waals surface area contributed by atoms with E-state index in [9.17, 15) is 24.3 Å². The second kappa shape index (κ2) is 13.0. The van der Waals surface area contributed by atoms with Gasteiger partial charge in [0.2, 0.25) is 0 Å². The molecule has 1 amide bonds. The third kappa shape index (κ3) is 6.27. The molecule has 6 atom stereocenters. The van der Waals surface area contributed by atoms with Gasteiger partial charge >= 0.3 is 24.0 Å². The molecule has 0 saturated carbocycles. The first-order valence-electron chi connectivity index (χ1n) is 16.2. The van der Waals surface area contributed by atoms with E-state index in [4.69, 9.17) is 28.4 Å². The average Bonchev–Trinajstić information content (AvgIpc) is 3.35. The molecule has 1 aromatic rings. The molecule has 1 spiro atoms. The lowest BCUT2D eigenvalue weighted by Crippen LogP contribution is -2.74. The number of aliphatic hydroxyl groups is 1. The molecule has 2 aliphatic heterocycles. The molecule has 13 nitrogen and oxygen atoms in total. The molecule has 1 fully saturated rings. The van der Waals surface area contributed by atoms with Crippen LogP contribution in [0.1, 0.15) is 77.8 Å². The number of benzene rings is 1. The number of esters is 3. The maximum Gasteiger partial charge on any atom is 0.408 e. The number of piperidine rings is 1. The number of nitrogens with one attached hydrogen (secondary N) is 1. The predicted octanol–water partition coefficient (Wildman–Crippen LogP) is 3.07. The quantitative estimate of drug-likeness (QED) is 0.204. The van der Waals surface area contributed by atoms with Gasteiger partial charge in [0.25, 0.3) is 0 Å². The maximum absolute atomic E-state index is 13.4. The first-order valence-corrected chi connectivity index (χ1v) is 16.2. The fourth-order valence-corrected chi connectivity index (χ4v) is 7.31. The summed E-state index contributed by atoms with van der Waals surface area (Å²) in [6.07, 6.45) is 0.811. The van der Waals surface area contributed by atoms with Crippen LogP contribution in [0.15, 0.2) is 24.0 Å². The topological polar surface area (TPSA) is 159 Å². The third-order valence-corrected chi connectivity index (χ3v) is 9.51. The van der Waals surface area contributed by atoms with Crippen molar-refractivity contribution in [1.29, 1.82) is 0 Å². The van der Waals surface area contributed by atoms with Crippen molar-refractivity contribution in [2.45, 2.75) is 114 Å². The van der Waals surface area contributed by atoms with Crippen LogP contribution in [-0.4, -0.2) is 96.8 Å². The first-order chi connectivity index (χ1) is 22.1. The molecule has 13 heteroatoms. The summed E-state index contributed by atoms with van der Waals surface area (Å²) in [7, 11) is 3.56. The van der Waals surface area contributed by atoms with Crippen LogP contribution in [0.25, 0.3) is 0 Å². The Balaban J connectivity index is 1.30. The summed E-state index contributed by atoms with van der Waals surface area (Å²) < 4.78 is 33.8. The van der Waals surface area contributed by atoms with Gasteiger partial charge in [0.1, 0.15) is 17.4 Å². The van der Waals surface area contributed by atoms with Crippen molar-refractivity contribution in [3.63, 3.8) is 0 Å². The molecule has 0 unspecified atom stereocenters. The summed E-state index contributed by atoms with van der Waals surface area (Å²) in [5.41, 5.74) is -0.937. The fourth-order valence-electron chi connectivity index (χ4n) is 7.31. The van der Waals surface area contributed by atoms with Crippen LogP contribution >= 0.6 is 0 Å². The number of alkyl carbamates (subject to hydrolysis) is 1. The van der Waals surface area contributed by atoms with Gasteiger partial charge in [-0.25, -0.2) is 14.4 Å². The highest BCUT2D eigenvalue weighted by atomic mass is 16.6. The molecule has 1 saturated heterocycles. The molecule has 4 aliphatic rings. The molecule has 5 rings (SSSR count). The average molecular weight is 659 g/mol. The number of hydrogen-bond donors (Lipinski definition) is 2. The molecule has 2 heterocycles. The predicted molar refractivity (Wildman–Crippen MR) is 167 cm³/mol. The van der Waals surface area contributed by atoms with Crippen molar-refractivity contribution in [2.24, 2.45) is 0 Å². The van der Waals surface area contributed by atoms with E-state index < -0.39 is 65.3 Å². The van der Waals surface area contributed by atoms with Crippen LogP contribution in [0.5, 0.6) is 11.5 Å². The zero-order valence-corrected chi connectivity index (χ0v) is 28.2. The maximum atomic E-state index is 13.4. The van der Waals surface area contributed by atoms with Gasteiger partial charge in [0.15, 0.2) is 23.7 Å². The van der Waals surface area contributed by atoms with Gasteiger partial charge in [0, 0.05) is 18.0 Å². The molecule has 2 aliphatic carbocycles. The molecule has 0 aromatic heterocycles. The zero-order chi connectivity index (χ0) is 34.3. The zero-order valence-electron chi connectivity index (χ0n) is 28.2. The highest BCUT2D eigenvalue weighted by molar-refractivity contribution is 5.87. The lowest BCUT2D eigenvalue weighted by molar-refractivity contribution is -0.175. The Morgan fingerprint density at radius 3 is 2.62 bits per heavy atom. The minimum Gasteiger partial charge on any atom is -0.493 e. The van der Waals surface area contributed by atoms with E-state index in [1.54, 1.807) is 34.0 Å². The van der Waals surface area contributed by atoms with Gasteiger partial charge < -0.3 is 43.7 Å². The van der Waals surface area contributed by atoms with Crippen LogP contribution in [0.4, 0.5) is 4.79 Å². The summed E-state index contributed by atoms with van der Waals surface area (Å²) >= 11 is 0. The number of methoxy groups -OCH3 is 1. The normalized spacial score (nSPS) is 26.9. The van der Waals surface area contributed by atoms with Crippen LogP contribution in [-0.2, 0) is 45.2 Å². The second-order valence-electron chi connectivity index (χ2n) is 13.8. The number of carbonyl (C=O) groups is 4. The highest BCUT2D eigenvalue weighted by Gasteiger charge is 2.72. The number of likely N-dealkylation sites (N-methyl/N-ethyl adjacent to an activating group) is 1. The number of rotatable bonds is 11. The number of unbranched alkanes of at least 4 members (excludes halogenated alkanes) is 1. The van der Waals surface area contributed by atoms with E-state index >= 15 is 0 Å². The molecule has 1 aromatic carbocycles. The monoisotopic (exact) mass is 658 g/mol. The Hall–Kier alpha value is -3.84. The molecule has 2 bridgehead atoms. The minimum atomic E-state index is -1.39. The van der Waals surface area contributed by atoms with Crippen LogP contribution in [0.2, 0.25) is 0 Å². The fraction of sp³-hybridized carbons (Fsp3) is 0.647. The first kappa shape index (κ1) is 34.5. The van der Waals surface area contributed by atoms with Crippen LogP contribution in [0, 0.1) is 0 Å². The van der Waals surface area contributed by atoms with Gasteiger partial charge in [-0.3, -0.25) is 4.79 Å². The Morgan fingerprint density at radius 2 is 1.94 bits per heavy atom. The van der Waals surface area contributed by atoms with Crippen molar-refractivity contribution in [3.05, 3.63) is 35.1 Å². The molecular weight excluding hydrogens is 612 g/mol. The van der Waals surface area contributed by atoms with Crippen LogP contribution < -0.4 is 14.8 Å². The standard InChI is InChI=1S/C34H46N2O11/c1-8-9-16-43-30(39)21(35-31(40)47-32(3,4)5)18-25(37)44-19(2)29(38)45-23-12-13-34(41)24-17-20-10-11-22(42-7)27-26(20)33(34,28(23)46-27)14-15-36(24)6/h10-12,19,21,24,28,41H,8-9,13-18H2,1-7H3,(H,35,40)/t19-,21-,24+,28-,33-,34+/m0/s1. The van der Waals surface area contributed by atoms with Gasteiger partial charge in [-0.15, -0.1) is 0 Å². The Labute approximate surface area is 274 Å². The van der Waals surface area contributed by atoms with Gasteiger partial charge in [0.05, 0.1) is 31.2 Å². The molecule has 258 valence electrons. The summed E-state index contributed by atoms with van der Waals surface area (Å²) in [4.78, 5) is 53.6. The molecule has 47 heavy (non-hydrogen) atoms. The number of ether oxygens (including phenoxy) is 6.